The van der Waals surface area contributed by atoms with Crippen molar-refractivity contribution >= 4 is 45.5 Å². The lowest BCUT2D eigenvalue weighted by atomic mass is 9.98. The number of carbonyl (C=O) groups is 1. The molecule has 2 heterocycles. The Hall–Kier alpha value is -3.69. The molecule has 4 aromatic rings. The number of amides is 1. The van der Waals surface area contributed by atoms with Crippen molar-refractivity contribution in [3.8, 4) is 5.75 Å². The number of para-hydroxylation sites is 1. The molecular weight excluding hydrogens is 490 g/mol. The van der Waals surface area contributed by atoms with Crippen LogP contribution < -0.4 is 10.1 Å². The largest absolute Gasteiger partial charge is 0.497 e. The number of aryl methyl sites for hydroxylation is 1. The number of hydrazone groups is 1. The maximum atomic E-state index is 13.4. The van der Waals surface area contributed by atoms with Crippen LogP contribution >= 0.6 is 23.1 Å². The quantitative estimate of drug-likeness (QED) is 0.287. The van der Waals surface area contributed by atoms with Crippen molar-refractivity contribution in [3.05, 3.63) is 95.6 Å². The molecule has 0 aliphatic carbocycles. The Labute approximate surface area is 218 Å². The van der Waals surface area contributed by atoms with E-state index in [1.165, 1.54) is 23.1 Å². The molecule has 1 N–H and O–H groups in total. The van der Waals surface area contributed by atoms with Crippen LogP contribution in [-0.2, 0) is 4.79 Å². The average molecular weight is 516 g/mol. The van der Waals surface area contributed by atoms with Crippen molar-refractivity contribution in [1.29, 1.82) is 0 Å². The number of benzene rings is 3. The van der Waals surface area contributed by atoms with E-state index >= 15 is 0 Å². The Morgan fingerprint density at radius 2 is 1.81 bits per heavy atom. The molecule has 7 nitrogen and oxygen atoms in total. The number of nitrogens with one attached hydrogen (secondary N) is 1. The zero-order chi connectivity index (χ0) is 24.9. The predicted octanol–water partition coefficient (Wildman–Crippen LogP) is 6.07. The first-order valence-electron chi connectivity index (χ1n) is 11.5. The summed E-state index contributed by atoms with van der Waals surface area (Å²) in [6.45, 7) is 2.04. The van der Waals surface area contributed by atoms with Crippen molar-refractivity contribution in [2.45, 2.75) is 23.7 Å². The second-order valence-corrected chi connectivity index (χ2v) is 10.4. The van der Waals surface area contributed by atoms with Gasteiger partial charge in [-0.2, -0.15) is 5.10 Å². The normalized spacial score (nSPS) is 15.0. The van der Waals surface area contributed by atoms with Gasteiger partial charge in [-0.15, -0.1) is 10.2 Å². The number of aromatic nitrogens is 2. The van der Waals surface area contributed by atoms with Gasteiger partial charge >= 0.3 is 0 Å². The zero-order valence-electron chi connectivity index (χ0n) is 19.9. The number of methoxy groups -OCH3 is 1. The molecule has 0 radical (unpaired) electrons. The van der Waals surface area contributed by atoms with Gasteiger partial charge < -0.3 is 10.1 Å². The van der Waals surface area contributed by atoms with Gasteiger partial charge in [0.1, 0.15) is 5.75 Å². The molecule has 1 unspecified atom stereocenters. The van der Waals surface area contributed by atoms with Crippen molar-refractivity contribution in [2.24, 2.45) is 5.10 Å². The highest BCUT2D eigenvalue weighted by Gasteiger charge is 2.33. The van der Waals surface area contributed by atoms with E-state index in [-0.39, 0.29) is 17.7 Å². The van der Waals surface area contributed by atoms with Crippen LogP contribution in [0, 0.1) is 6.92 Å². The molecule has 1 amide bonds. The minimum Gasteiger partial charge on any atom is -0.497 e. The van der Waals surface area contributed by atoms with E-state index in [1.807, 2.05) is 85.8 Å². The summed E-state index contributed by atoms with van der Waals surface area (Å²) in [5.74, 6) is 0.924. The fourth-order valence-corrected chi connectivity index (χ4v) is 5.58. The van der Waals surface area contributed by atoms with Gasteiger partial charge in [-0.3, -0.25) is 4.79 Å². The maximum absolute atomic E-state index is 13.4. The van der Waals surface area contributed by atoms with E-state index in [1.54, 1.807) is 12.1 Å². The Morgan fingerprint density at radius 3 is 2.56 bits per heavy atom. The lowest BCUT2D eigenvalue weighted by Gasteiger charge is -2.22. The summed E-state index contributed by atoms with van der Waals surface area (Å²) in [5.41, 5.74) is 5.06. The summed E-state index contributed by atoms with van der Waals surface area (Å²) in [7, 11) is 1.64. The predicted molar refractivity (Wildman–Crippen MR) is 145 cm³/mol. The van der Waals surface area contributed by atoms with Gasteiger partial charge in [-0.05, 0) is 41.8 Å². The topological polar surface area (TPSA) is 79.7 Å². The molecule has 182 valence electrons. The van der Waals surface area contributed by atoms with Gasteiger partial charge in [-0.1, -0.05) is 83.8 Å². The van der Waals surface area contributed by atoms with Gasteiger partial charge in [0.05, 0.1) is 24.6 Å². The van der Waals surface area contributed by atoms with Gasteiger partial charge in [0.2, 0.25) is 5.13 Å². The lowest BCUT2D eigenvalue weighted by Crippen LogP contribution is -2.28. The molecule has 0 saturated carbocycles. The number of anilines is 2. The number of thioether (sulfide) groups is 1. The summed E-state index contributed by atoms with van der Waals surface area (Å²) in [6, 6.07) is 25.7. The number of hydrogen-bond acceptors (Lipinski definition) is 8. The van der Waals surface area contributed by atoms with Crippen LogP contribution in [0.2, 0.25) is 0 Å². The molecule has 1 aromatic heterocycles. The molecule has 1 aliphatic heterocycles. The van der Waals surface area contributed by atoms with Crippen molar-refractivity contribution < 1.29 is 9.53 Å². The molecule has 9 heteroatoms. The van der Waals surface area contributed by atoms with Gasteiger partial charge in [0.15, 0.2) is 4.34 Å². The smallest absolute Gasteiger partial charge is 0.253 e. The highest BCUT2D eigenvalue weighted by molar-refractivity contribution is 8.01. The standard InChI is InChI=1S/C27H25N5O2S2/c1-18-8-6-7-11-22(18)28-26-29-30-27(36-26)35-17-25(33)32-24(20-12-14-21(34-2)15-13-20)16-23(31-32)19-9-4-3-5-10-19/h3-15,24H,16-17H2,1-2H3,(H,28,29). The molecule has 1 atom stereocenters. The summed E-state index contributed by atoms with van der Waals surface area (Å²) in [6.07, 6.45) is 0.649. The average Bonchev–Trinajstić information content (AvgIpc) is 3.57. The molecular formula is C27H25N5O2S2. The van der Waals surface area contributed by atoms with E-state index in [0.29, 0.717) is 11.6 Å². The third kappa shape index (κ3) is 5.42. The molecule has 0 bridgehead atoms. The van der Waals surface area contributed by atoms with Crippen LogP contribution in [0.15, 0.2) is 88.3 Å². The first-order chi connectivity index (χ1) is 17.6. The lowest BCUT2D eigenvalue weighted by molar-refractivity contribution is -0.130. The monoisotopic (exact) mass is 515 g/mol. The molecule has 0 fully saturated rings. The van der Waals surface area contributed by atoms with E-state index in [2.05, 4.69) is 15.5 Å². The minimum absolute atomic E-state index is 0.0737. The van der Waals surface area contributed by atoms with Crippen LogP contribution in [0.1, 0.15) is 29.2 Å². The van der Waals surface area contributed by atoms with Crippen molar-refractivity contribution in [1.82, 2.24) is 15.2 Å². The van der Waals surface area contributed by atoms with E-state index in [9.17, 15) is 4.79 Å². The van der Waals surface area contributed by atoms with E-state index in [4.69, 9.17) is 9.84 Å². The fourth-order valence-electron chi connectivity index (χ4n) is 3.97. The first kappa shape index (κ1) is 24.0. The van der Waals surface area contributed by atoms with Crippen LogP contribution in [0.5, 0.6) is 5.75 Å². The third-order valence-electron chi connectivity index (χ3n) is 5.89. The van der Waals surface area contributed by atoms with E-state index in [0.717, 1.165) is 38.2 Å². The highest BCUT2D eigenvalue weighted by Crippen LogP contribution is 2.35. The van der Waals surface area contributed by atoms with Crippen molar-refractivity contribution in [3.63, 3.8) is 0 Å². The highest BCUT2D eigenvalue weighted by atomic mass is 32.2. The van der Waals surface area contributed by atoms with Crippen LogP contribution in [-0.4, -0.2) is 39.7 Å². The Bertz CT molecular complexity index is 1370. The molecule has 36 heavy (non-hydrogen) atoms. The fraction of sp³-hybridized carbons (Fsp3) is 0.185. The Morgan fingerprint density at radius 1 is 1.06 bits per heavy atom. The molecule has 0 spiro atoms. The number of ether oxygens (including phenoxy) is 1. The van der Waals surface area contributed by atoms with E-state index < -0.39 is 0 Å². The number of hydrogen-bond donors (Lipinski definition) is 1. The molecule has 3 aromatic carbocycles. The van der Waals surface area contributed by atoms with Crippen LogP contribution in [0.4, 0.5) is 10.8 Å². The first-order valence-corrected chi connectivity index (χ1v) is 13.3. The van der Waals surface area contributed by atoms with Gasteiger partial charge in [0.25, 0.3) is 5.91 Å². The minimum atomic E-state index is -0.174. The maximum Gasteiger partial charge on any atom is 0.253 e. The van der Waals surface area contributed by atoms with Crippen LogP contribution in [0.25, 0.3) is 0 Å². The van der Waals surface area contributed by atoms with Gasteiger partial charge in [0, 0.05) is 12.1 Å². The molecule has 0 saturated heterocycles. The second-order valence-electron chi connectivity index (χ2n) is 8.25. The summed E-state index contributed by atoms with van der Waals surface area (Å²) >= 11 is 2.80. The summed E-state index contributed by atoms with van der Waals surface area (Å²) in [5, 5.41) is 18.8. The molecule has 1 aliphatic rings. The molecule has 5 rings (SSSR count). The summed E-state index contributed by atoms with van der Waals surface area (Å²) < 4.78 is 6.03. The SMILES string of the molecule is COc1ccc(C2CC(c3ccccc3)=NN2C(=O)CSc2nnc(Nc3ccccc3C)s2)cc1. The van der Waals surface area contributed by atoms with Crippen molar-refractivity contribution in [2.75, 3.05) is 18.2 Å². The zero-order valence-corrected chi connectivity index (χ0v) is 21.6. The van der Waals surface area contributed by atoms with Crippen LogP contribution in [0.3, 0.4) is 0 Å². The second kappa shape index (κ2) is 10.9. The third-order valence-corrected chi connectivity index (χ3v) is 7.84. The number of rotatable bonds is 8. The van der Waals surface area contributed by atoms with Gasteiger partial charge in [-0.25, -0.2) is 5.01 Å². The number of nitrogens with zero attached hydrogens (tertiary/aromatic N) is 4. The number of carbonyl (C=O) groups excluding carboxylic acids is 1. The summed E-state index contributed by atoms with van der Waals surface area (Å²) in [4.78, 5) is 13.4. The Balaban J connectivity index is 1.30. The Kier molecular flexibility index (Phi) is 7.29.